The molecule has 1 spiro atoms. The minimum atomic E-state index is 0.121. The maximum Gasteiger partial charge on any atom is 0.183 e. The van der Waals surface area contributed by atoms with Gasteiger partial charge >= 0.3 is 0 Å². The fourth-order valence-electron chi connectivity index (χ4n) is 5.32. The van der Waals surface area contributed by atoms with Crippen LogP contribution in [0.3, 0.4) is 0 Å². The van der Waals surface area contributed by atoms with Crippen molar-refractivity contribution >= 4 is 21.6 Å². The van der Waals surface area contributed by atoms with E-state index in [4.69, 9.17) is 15.1 Å². The monoisotopic (exact) mass is 444 g/mol. The second-order valence-electron chi connectivity index (χ2n) is 8.33. The minimum absolute atomic E-state index is 0.121. The van der Waals surface area contributed by atoms with E-state index in [9.17, 15) is 0 Å². The first-order valence-corrected chi connectivity index (χ1v) is 11.1. The van der Waals surface area contributed by atoms with Gasteiger partial charge in [0.15, 0.2) is 11.5 Å². The van der Waals surface area contributed by atoms with Gasteiger partial charge in [-0.05, 0) is 37.0 Å². The molecule has 0 unspecified atom stereocenters. The van der Waals surface area contributed by atoms with Gasteiger partial charge in [-0.3, -0.25) is 0 Å². The first-order chi connectivity index (χ1) is 14.3. The van der Waals surface area contributed by atoms with E-state index in [-0.39, 0.29) is 5.41 Å². The van der Waals surface area contributed by atoms with Gasteiger partial charge in [0.1, 0.15) is 6.33 Å². The van der Waals surface area contributed by atoms with Crippen LogP contribution in [0.4, 0.5) is 0 Å². The van der Waals surface area contributed by atoms with E-state index in [1.165, 1.54) is 48.8 Å². The van der Waals surface area contributed by atoms with Crippen LogP contribution >= 0.6 is 15.9 Å². The van der Waals surface area contributed by atoms with Crippen molar-refractivity contribution in [3.63, 3.8) is 0 Å². The number of benzene rings is 2. The zero-order valence-electron chi connectivity index (χ0n) is 16.1. The van der Waals surface area contributed by atoms with Gasteiger partial charge in [-0.25, -0.2) is 14.5 Å². The topological polar surface area (TPSA) is 43.1 Å². The van der Waals surface area contributed by atoms with Gasteiger partial charge in [0, 0.05) is 26.6 Å². The third kappa shape index (κ3) is 2.60. The molecule has 0 radical (unpaired) electrons. The molecule has 6 rings (SSSR count). The molecule has 1 fully saturated rings. The maximum absolute atomic E-state index is 5.06. The van der Waals surface area contributed by atoms with Gasteiger partial charge in [-0.2, -0.15) is 0 Å². The van der Waals surface area contributed by atoms with Gasteiger partial charge < -0.3 is 0 Å². The van der Waals surface area contributed by atoms with Crippen molar-refractivity contribution in [2.75, 3.05) is 0 Å². The highest BCUT2D eigenvalue weighted by Crippen LogP contribution is 2.51. The molecule has 0 aliphatic heterocycles. The van der Waals surface area contributed by atoms with Gasteiger partial charge in [0.25, 0.3) is 0 Å². The lowest BCUT2D eigenvalue weighted by Gasteiger charge is -2.42. The number of nitrogens with zero attached hydrogens (tertiary/aromatic N) is 4. The van der Waals surface area contributed by atoms with Crippen LogP contribution < -0.4 is 0 Å². The number of halogens is 1. The minimum Gasteiger partial charge on any atom is -0.236 e. The summed E-state index contributed by atoms with van der Waals surface area (Å²) >= 11 is 3.65. The molecule has 5 heteroatoms. The number of fused-ring (bicyclic) bond motifs is 6. The van der Waals surface area contributed by atoms with Crippen molar-refractivity contribution in [3.8, 4) is 22.6 Å². The molecule has 2 aromatic carbocycles. The number of hydrogen-bond acceptors (Lipinski definition) is 3. The Kier molecular flexibility index (Phi) is 3.88. The summed E-state index contributed by atoms with van der Waals surface area (Å²) in [5.74, 6) is 0.748. The smallest absolute Gasteiger partial charge is 0.183 e. The molecule has 0 N–H and O–H groups in total. The van der Waals surface area contributed by atoms with Crippen molar-refractivity contribution < 1.29 is 0 Å². The average Bonchev–Trinajstić information content (AvgIpc) is 3.18. The second-order valence-corrected chi connectivity index (χ2v) is 9.18. The van der Waals surface area contributed by atoms with E-state index in [1.807, 2.05) is 29.0 Å². The van der Waals surface area contributed by atoms with Crippen molar-refractivity contribution in [2.45, 2.75) is 43.9 Å². The summed E-state index contributed by atoms with van der Waals surface area (Å²) in [5, 5.41) is 4.80. The summed E-state index contributed by atoms with van der Waals surface area (Å²) in [4.78, 5) is 9.98. The Labute approximate surface area is 178 Å². The Balaban J connectivity index is 1.65. The Bertz CT molecular complexity index is 1240. The summed E-state index contributed by atoms with van der Waals surface area (Å²) in [7, 11) is 0. The fourth-order valence-corrected chi connectivity index (χ4v) is 5.78. The van der Waals surface area contributed by atoms with Crippen LogP contribution in [0.2, 0.25) is 0 Å². The molecule has 2 aromatic heterocycles. The average molecular weight is 445 g/mol. The Morgan fingerprint density at radius 1 is 0.897 bits per heavy atom. The molecule has 144 valence electrons. The van der Waals surface area contributed by atoms with Crippen LogP contribution in [0.25, 0.3) is 28.3 Å². The molecular weight excluding hydrogens is 424 g/mol. The lowest BCUT2D eigenvalue weighted by Crippen LogP contribution is -2.36. The summed E-state index contributed by atoms with van der Waals surface area (Å²) in [5.41, 5.74) is 7.19. The van der Waals surface area contributed by atoms with Gasteiger partial charge in [-0.15, -0.1) is 5.10 Å². The largest absolute Gasteiger partial charge is 0.236 e. The summed E-state index contributed by atoms with van der Waals surface area (Å²) in [6.07, 6.45) is 9.18. The Morgan fingerprint density at radius 2 is 1.66 bits per heavy atom. The lowest BCUT2D eigenvalue weighted by atomic mass is 9.62. The van der Waals surface area contributed by atoms with Crippen molar-refractivity contribution in [1.29, 1.82) is 0 Å². The van der Waals surface area contributed by atoms with Gasteiger partial charge in [0.05, 0.1) is 5.69 Å². The molecule has 0 bridgehead atoms. The van der Waals surface area contributed by atoms with E-state index in [0.29, 0.717) is 0 Å². The van der Waals surface area contributed by atoms with Crippen molar-refractivity contribution in [2.24, 2.45) is 0 Å². The van der Waals surface area contributed by atoms with Gasteiger partial charge in [0.2, 0.25) is 0 Å². The van der Waals surface area contributed by atoms with E-state index < -0.39 is 0 Å². The molecule has 2 aliphatic rings. The van der Waals surface area contributed by atoms with Crippen LogP contribution in [0.15, 0.2) is 59.3 Å². The highest BCUT2D eigenvalue weighted by molar-refractivity contribution is 9.10. The van der Waals surface area contributed by atoms with E-state index >= 15 is 0 Å². The SMILES string of the molecule is Brc1ccccc1-c1nc2c3c(ncn2n1)-c1ccccc1CC31CCCCC1. The molecular formula is C24H21BrN4. The molecule has 4 aromatic rings. The molecule has 2 aliphatic carbocycles. The molecule has 0 amide bonds. The molecule has 0 saturated heterocycles. The zero-order valence-corrected chi connectivity index (χ0v) is 17.7. The molecule has 0 atom stereocenters. The fraction of sp³-hybridized carbons (Fsp3) is 0.292. The quantitative estimate of drug-likeness (QED) is 0.362. The number of aromatic nitrogens is 4. The summed E-state index contributed by atoms with van der Waals surface area (Å²) < 4.78 is 2.90. The molecule has 4 nitrogen and oxygen atoms in total. The first-order valence-electron chi connectivity index (χ1n) is 10.3. The molecule has 2 heterocycles. The van der Waals surface area contributed by atoms with Crippen LogP contribution in [-0.4, -0.2) is 19.6 Å². The summed E-state index contributed by atoms with van der Waals surface area (Å²) in [6, 6.07) is 16.9. The van der Waals surface area contributed by atoms with Crippen molar-refractivity contribution in [3.05, 3.63) is 70.5 Å². The predicted octanol–water partition coefficient (Wildman–Crippen LogP) is 5.98. The lowest BCUT2D eigenvalue weighted by molar-refractivity contribution is 0.288. The van der Waals surface area contributed by atoms with Crippen LogP contribution in [0, 0.1) is 0 Å². The highest BCUT2D eigenvalue weighted by Gasteiger charge is 2.42. The zero-order chi connectivity index (χ0) is 19.4. The van der Waals surface area contributed by atoms with Crippen LogP contribution in [0.1, 0.15) is 43.2 Å². The maximum atomic E-state index is 5.06. The van der Waals surface area contributed by atoms with Crippen LogP contribution in [0.5, 0.6) is 0 Å². The van der Waals surface area contributed by atoms with E-state index in [1.54, 1.807) is 0 Å². The highest BCUT2D eigenvalue weighted by atomic mass is 79.9. The van der Waals surface area contributed by atoms with Crippen molar-refractivity contribution in [1.82, 2.24) is 19.6 Å². The third-order valence-corrected chi connectivity index (χ3v) is 7.34. The number of rotatable bonds is 1. The Hall–Kier alpha value is -2.53. The second kappa shape index (κ2) is 6.49. The first kappa shape index (κ1) is 17.3. The standard InChI is InChI=1S/C24H21BrN4/c25-19-11-5-4-10-18(19)22-27-23-20-21(26-15-29(23)28-22)17-9-3-2-8-16(17)14-24(20)12-6-1-7-13-24/h2-5,8-11,15H,1,6-7,12-14H2. The van der Waals surface area contributed by atoms with Crippen LogP contribution in [-0.2, 0) is 11.8 Å². The summed E-state index contributed by atoms with van der Waals surface area (Å²) in [6.45, 7) is 0. The van der Waals surface area contributed by atoms with E-state index in [2.05, 4.69) is 46.3 Å². The van der Waals surface area contributed by atoms with E-state index in [0.717, 1.165) is 33.6 Å². The number of hydrogen-bond donors (Lipinski definition) is 0. The predicted molar refractivity (Wildman–Crippen MR) is 118 cm³/mol. The molecule has 29 heavy (non-hydrogen) atoms. The van der Waals surface area contributed by atoms with Gasteiger partial charge in [-0.1, -0.05) is 71.6 Å². The Morgan fingerprint density at radius 3 is 2.48 bits per heavy atom. The third-order valence-electron chi connectivity index (χ3n) is 6.64. The normalized spacial score (nSPS) is 17.3. The molecule has 1 saturated carbocycles.